The molecule has 0 aliphatic heterocycles. The molecular weight excluding hydrogens is 326 g/mol. The molecule has 0 saturated heterocycles. The molecule has 0 fully saturated rings. The third-order valence-electron chi connectivity index (χ3n) is 4.33. The topological polar surface area (TPSA) is 46.2 Å². The second kappa shape index (κ2) is 7.77. The molecular formula is C22H23NOS. The van der Waals surface area contributed by atoms with Gasteiger partial charge in [0.05, 0.1) is 4.75 Å². The van der Waals surface area contributed by atoms with Crippen LogP contribution in [0.5, 0.6) is 5.75 Å². The predicted molar refractivity (Wildman–Crippen MR) is 107 cm³/mol. The molecule has 0 aliphatic rings. The van der Waals surface area contributed by atoms with Gasteiger partial charge < -0.3 is 10.8 Å². The first-order chi connectivity index (χ1) is 12.2. The molecule has 0 radical (unpaired) electrons. The average molecular weight is 349 g/mol. The largest absolute Gasteiger partial charge is 0.508 e. The van der Waals surface area contributed by atoms with Crippen LogP contribution in [0.2, 0.25) is 0 Å². The Morgan fingerprint density at radius 1 is 0.840 bits per heavy atom. The van der Waals surface area contributed by atoms with Crippen LogP contribution in [0.3, 0.4) is 0 Å². The number of benzene rings is 3. The molecule has 0 aliphatic carbocycles. The van der Waals surface area contributed by atoms with Crippen molar-refractivity contribution in [2.45, 2.75) is 11.7 Å². The molecule has 0 amide bonds. The summed E-state index contributed by atoms with van der Waals surface area (Å²) in [5, 5.41) is 10.1. The summed E-state index contributed by atoms with van der Waals surface area (Å²) >= 11 is 1.81. The van der Waals surface area contributed by atoms with Crippen molar-refractivity contribution in [3.05, 3.63) is 101 Å². The van der Waals surface area contributed by atoms with Crippen LogP contribution in [0, 0.1) is 6.92 Å². The Morgan fingerprint density at radius 3 is 2.12 bits per heavy atom. The lowest BCUT2D eigenvalue weighted by atomic mass is 9.83. The van der Waals surface area contributed by atoms with Crippen molar-refractivity contribution in [2.75, 3.05) is 12.3 Å². The van der Waals surface area contributed by atoms with Crippen molar-refractivity contribution in [1.82, 2.24) is 0 Å². The normalized spacial score (nSPS) is 13.4. The lowest BCUT2D eigenvalue weighted by molar-refractivity contribution is 0.474. The van der Waals surface area contributed by atoms with Gasteiger partial charge in [0.1, 0.15) is 5.75 Å². The van der Waals surface area contributed by atoms with Crippen molar-refractivity contribution in [3.63, 3.8) is 0 Å². The van der Waals surface area contributed by atoms with Crippen LogP contribution in [0.25, 0.3) is 0 Å². The Balaban J connectivity index is 2.28. The van der Waals surface area contributed by atoms with Gasteiger partial charge in [0, 0.05) is 12.3 Å². The zero-order valence-electron chi connectivity index (χ0n) is 14.4. The molecule has 0 aromatic heterocycles. The molecule has 3 heteroatoms. The minimum atomic E-state index is -0.410. The molecule has 25 heavy (non-hydrogen) atoms. The maximum Gasteiger partial charge on any atom is 0.115 e. The summed E-state index contributed by atoms with van der Waals surface area (Å²) in [5.74, 6) is 1.09. The Bertz CT molecular complexity index is 817. The molecule has 3 rings (SSSR count). The molecule has 0 spiro atoms. The number of hydrogen-bond donors (Lipinski definition) is 2. The summed E-state index contributed by atoms with van der Waals surface area (Å²) in [6, 6.07) is 26.6. The predicted octanol–water partition coefficient (Wildman–Crippen LogP) is 4.68. The number of thioether (sulfide) groups is 1. The minimum absolute atomic E-state index is 0.276. The molecule has 3 aromatic rings. The highest BCUT2D eigenvalue weighted by atomic mass is 32.2. The van der Waals surface area contributed by atoms with Gasteiger partial charge in [-0.15, -0.1) is 11.8 Å². The van der Waals surface area contributed by atoms with Gasteiger partial charge in [-0.25, -0.2) is 0 Å². The van der Waals surface area contributed by atoms with Crippen molar-refractivity contribution < 1.29 is 5.11 Å². The Kier molecular flexibility index (Phi) is 5.47. The van der Waals surface area contributed by atoms with E-state index < -0.39 is 4.75 Å². The molecule has 2 nitrogen and oxygen atoms in total. The fourth-order valence-corrected chi connectivity index (χ4v) is 4.47. The molecule has 128 valence electrons. The smallest absolute Gasteiger partial charge is 0.115 e. The summed E-state index contributed by atoms with van der Waals surface area (Å²) < 4.78 is -0.410. The van der Waals surface area contributed by atoms with Crippen LogP contribution in [-0.4, -0.2) is 17.4 Å². The lowest BCUT2D eigenvalue weighted by Crippen LogP contribution is -2.27. The summed E-state index contributed by atoms with van der Waals surface area (Å²) in [6.45, 7) is 2.69. The summed E-state index contributed by atoms with van der Waals surface area (Å²) in [6.07, 6.45) is 0. The van der Waals surface area contributed by atoms with E-state index in [0.717, 1.165) is 11.3 Å². The standard InChI is InChI=1S/C22H23NOS/c1-17-10-12-19(13-11-17)22(25-15-14-23,18-6-3-2-4-7-18)20-8-5-9-21(24)16-20/h2-13,16,24H,14-15,23H2,1H3. The summed E-state index contributed by atoms with van der Waals surface area (Å²) in [7, 11) is 0. The zero-order valence-corrected chi connectivity index (χ0v) is 15.2. The number of aryl methyl sites for hydroxylation is 1. The molecule has 3 aromatic carbocycles. The Hall–Kier alpha value is -2.23. The first-order valence-corrected chi connectivity index (χ1v) is 9.41. The molecule has 0 saturated carbocycles. The van der Waals surface area contributed by atoms with Gasteiger partial charge in [-0.1, -0.05) is 72.3 Å². The van der Waals surface area contributed by atoms with E-state index in [0.29, 0.717) is 6.54 Å². The van der Waals surface area contributed by atoms with Crippen LogP contribution in [0.4, 0.5) is 0 Å². The van der Waals surface area contributed by atoms with Gasteiger partial charge >= 0.3 is 0 Å². The van der Waals surface area contributed by atoms with Gasteiger partial charge in [0.25, 0.3) is 0 Å². The van der Waals surface area contributed by atoms with E-state index in [1.807, 2.05) is 18.2 Å². The number of phenolic OH excluding ortho intramolecular Hbond substituents is 1. The van der Waals surface area contributed by atoms with Gasteiger partial charge in [-0.3, -0.25) is 0 Å². The molecule has 0 bridgehead atoms. The van der Waals surface area contributed by atoms with Crippen molar-refractivity contribution >= 4 is 11.8 Å². The number of phenols is 1. The Morgan fingerprint density at radius 2 is 1.48 bits per heavy atom. The first-order valence-electron chi connectivity index (χ1n) is 8.43. The second-order valence-electron chi connectivity index (χ2n) is 6.10. The van der Waals surface area contributed by atoms with Gasteiger partial charge in [-0.2, -0.15) is 0 Å². The quantitative estimate of drug-likeness (QED) is 0.635. The van der Waals surface area contributed by atoms with Gasteiger partial charge in [0.2, 0.25) is 0 Å². The third kappa shape index (κ3) is 3.58. The van der Waals surface area contributed by atoms with Crippen LogP contribution in [0.1, 0.15) is 22.3 Å². The van der Waals surface area contributed by atoms with E-state index in [-0.39, 0.29) is 5.75 Å². The number of nitrogens with two attached hydrogens (primary N) is 1. The third-order valence-corrected chi connectivity index (χ3v) is 5.91. The molecule has 1 unspecified atom stereocenters. The molecule has 0 heterocycles. The monoisotopic (exact) mass is 349 g/mol. The second-order valence-corrected chi connectivity index (χ2v) is 7.41. The highest BCUT2D eigenvalue weighted by Gasteiger charge is 2.36. The fraction of sp³-hybridized carbons (Fsp3) is 0.182. The van der Waals surface area contributed by atoms with Crippen LogP contribution >= 0.6 is 11.8 Å². The van der Waals surface area contributed by atoms with Gasteiger partial charge in [-0.05, 0) is 35.7 Å². The maximum atomic E-state index is 10.1. The van der Waals surface area contributed by atoms with Crippen LogP contribution in [0.15, 0.2) is 78.9 Å². The van der Waals surface area contributed by atoms with E-state index in [9.17, 15) is 5.11 Å². The van der Waals surface area contributed by atoms with E-state index in [1.165, 1.54) is 16.7 Å². The van der Waals surface area contributed by atoms with Crippen molar-refractivity contribution in [1.29, 1.82) is 0 Å². The highest BCUT2D eigenvalue weighted by molar-refractivity contribution is 8.00. The SMILES string of the molecule is Cc1ccc(C(SCCN)(c2ccccc2)c2cccc(O)c2)cc1. The number of aromatic hydroxyl groups is 1. The zero-order chi connectivity index (χ0) is 17.7. The average Bonchev–Trinajstić information content (AvgIpc) is 2.65. The highest BCUT2D eigenvalue weighted by Crippen LogP contribution is 2.48. The first kappa shape index (κ1) is 17.6. The summed E-state index contributed by atoms with van der Waals surface area (Å²) in [4.78, 5) is 0. The lowest BCUT2D eigenvalue weighted by Gasteiger charge is -2.35. The number of hydrogen-bond acceptors (Lipinski definition) is 3. The maximum absolute atomic E-state index is 10.1. The van der Waals surface area contributed by atoms with E-state index in [4.69, 9.17) is 5.73 Å². The van der Waals surface area contributed by atoms with E-state index in [2.05, 4.69) is 61.5 Å². The number of rotatable bonds is 6. The molecule has 3 N–H and O–H groups in total. The van der Waals surface area contributed by atoms with Crippen molar-refractivity contribution in [3.8, 4) is 5.75 Å². The minimum Gasteiger partial charge on any atom is -0.508 e. The van der Waals surface area contributed by atoms with Crippen molar-refractivity contribution in [2.24, 2.45) is 5.73 Å². The molecule has 1 atom stereocenters. The van der Waals surface area contributed by atoms with Crippen LogP contribution < -0.4 is 5.73 Å². The van der Waals surface area contributed by atoms with E-state index in [1.54, 1.807) is 17.8 Å². The van der Waals surface area contributed by atoms with Gasteiger partial charge in [0.15, 0.2) is 0 Å². The fourth-order valence-electron chi connectivity index (χ4n) is 3.15. The summed E-state index contributed by atoms with van der Waals surface area (Å²) in [5.41, 5.74) is 10.5. The van der Waals surface area contributed by atoms with Crippen LogP contribution in [-0.2, 0) is 4.75 Å². The van der Waals surface area contributed by atoms with E-state index >= 15 is 0 Å². The Labute approximate surface area is 153 Å².